The molecule has 0 aromatic rings. The summed E-state index contributed by atoms with van der Waals surface area (Å²) in [5, 5.41) is 0. The quantitative estimate of drug-likeness (QED) is 0.265. The van der Waals surface area contributed by atoms with Crippen LogP contribution in [0.15, 0.2) is 0 Å². The molecule has 0 radical (unpaired) electrons. The minimum atomic E-state index is -0.263. The zero-order chi connectivity index (χ0) is 17.0. The van der Waals surface area contributed by atoms with Gasteiger partial charge in [-0.2, -0.15) is 0 Å². The Kier molecular flexibility index (Phi) is 18.9. The Hall–Kier alpha value is -0.610. The molecule has 0 saturated heterocycles. The SMILES string of the molecule is CCCCCCCCCCCCCOCCOCCOC(C)=O. The fraction of sp³-hybridized carbons (Fsp3) is 0.947. The lowest BCUT2D eigenvalue weighted by Crippen LogP contribution is -2.11. The Bertz CT molecular complexity index is 244. The molecule has 0 unspecified atom stereocenters. The number of carbonyl (C=O) groups excluding carboxylic acids is 1. The second-order valence-corrected chi connectivity index (χ2v) is 6.10. The molecule has 0 N–H and O–H groups in total. The number of rotatable bonds is 18. The molecule has 0 rings (SSSR count). The summed E-state index contributed by atoms with van der Waals surface area (Å²) in [5.41, 5.74) is 0. The van der Waals surface area contributed by atoms with Crippen LogP contribution in [0.1, 0.15) is 84.5 Å². The molecule has 0 fully saturated rings. The lowest BCUT2D eigenvalue weighted by molar-refractivity contribution is -0.142. The lowest BCUT2D eigenvalue weighted by Gasteiger charge is -2.06. The third kappa shape index (κ3) is 21.4. The van der Waals surface area contributed by atoms with Crippen molar-refractivity contribution in [2.24, 2.45) is 0 Å². The molecule has 0 atom stereocenters. The Balaban J connectivity index is 2.96. The van der Waals surface area contributed by atoms with Crippen molar-refractivity contribution in [3.05, 3.63) is 0 Å². The van der Waals surface area contributed by atoms with Crippen molar-refractivity contribution in [2.75, 3.05) is 33.0 Å². The van der Waals surface area contributed by atoms with Gasteiger partial charge in [0.1, 0.15) is 6.61 Å². The maximum Gasteiger partial charge on any atom is 0.302 e. The van der Waals surface area contributed by atoms with E-state index in [4.69, 9.17) is 14.2 Å². The fourth-order valence-corrected chi connectivity index (χ4v) is 2.43. The first-order valence-electron chi connectivity index (χ1n) is 9.56. The smallest absolute Gasteiger partial charge is 0.302 e. The summed E-state index contributed by atoms with van der Waals surface area (Å²) in [6.45, 7) is 6.45. The van der Waals surface area contributed by atoms with Crippen LogP contribution in [-0.4, -0.2) is 39.0 Å². The van der Waals surface area contributed by atoms with Crippen LogP contribution in [0.2, 0.25) is 0 Å². The first kappa shape index (κ1) is 22.4. The van der Waals surface area contributed by atoms with E-state index in [1.165, 1.54) is 71.1 Å². The zero-order valence-electron chi connectivity index (χ0n) is 15.4. The molecular formula is C19H38O4. The van der Waals surface area contributed by atoms with Gasteiger partial charge in [-0.15, -0.1) is 0 Å². The van der Waals surface area contributed by atoms with E-state index in [-0.39, 0.29) is 5.97 Å². The summed E-state index contributed by atoms with van der Waals surface area (Å²) in [6, 6.07) is 0. The van der Waals surface area contributed by atoms with Crippen molar-refractivity contribution in [3.8, 4) is 0 Å². The van der Waals surface area contributed by atoms with Gasteiger partial charge in [-0.05, 0) is 6.42 Å². The largest absolute Gasteiger partial charge is 0.463 e. The van der Waals surface area contributed by atoms with Crippen LogP contribution in [0.4, 0.5) is 0 Å². The molecule has 0 spiro atoms. The highest BCUT2D eigenvalue weighted by molar-refractivity contribution is 5.65. The number of hydrogen-bond donors (Lipinski definition) is 0. The molecule has 0 saturated carbocycles. The summed E-state index contributed by atoms with van der Waals surface area (Å²) >= 11 is 0. The molecule has 4 nitrogen and oxygen atoms in total. The number of unbranched alkanes of at least 4 members (excludes halogenated alkanes) is 10. The van der Waals surface area contributed by atoms with Gasteiger partial charge in [0.25, 0.3) is 0 Å². The highest BCUT2D eigenvalue weighted by Gasteiger charge is 1.95. The van der Waals surface area contributed by atoms with E-state index in [0.29, 0.717) is 26.4 Å². The molecule has 0 heterocycles. The van der Waals surface area contributed by atoms with Gasteiger partial charge in [-0.25, -0.2) is 0 Å². The van der Waals surface area contributed by atoms with E-state index in [0.717, 1.165) is 13.0 Å². The van der Waals surface area contributed by atoms with E-state index < -0.39 is 0 Å². The van der Waals surface area contributed by atoms with Gasteiger partial charge >= 0.3 is 5.97 Å². The van der Waals surface area contributed by atoms with E-state index in [2.05, 4.69) is 6.92 Å². The van der Waals surface area contributed by atoms with Crippen molar-refractivity contribution in [1.82, 2.24) is 0 Å². The van der Waals surface area contributed by atoms with Crippen LogP contribution in [0, 0.1) is 0 Å². The lowest BCUT2D eigenvalue weighted by atomic mass is 10.1. The Morgan fingerprint density at radius 2 is 1.04 bits per heavy atom. The maximum atomic E-state index is 10.5. The number of esters is 1. The number of carbonyl (C=O) groups is 1. The van der Waals surface area contributed by atoms with Crippen LogP contribution in [0.25, 0.3) is 0 Å². The second-order valence-electron chi connectivity index (χ2n) is 6.10. The van der Waals surface area contributed by atoms with Crippen molar-refractivity contribution >= 4 is 5.97 Å². The highest BCUT2D eigenvalue weighted by Crippen LogP contribution is 2.11. The van der Waals surface area contributed by atoms with E-state index in [1.54, 1.807) is 0 Å². The van der Waals surface area contributed by atoms with Gasteiger partial charge < -0.3 is 14.2 Å². The molecule has 4 heteroatoms. The molecule has 138 valence electrons. The third-order valence-corrected chi connectivity index (χ3v) is 3.80. The van der Waals surface area contributed by atoms with Crippen LogP contribution in [-0.2, 0) is 19.0 Å². The molecule has 0 aliphatic carbocycles. The van der Waals surface area contributed by atoms with Crippen LogP contribution < -0.4 is 0 Å². The molecule has 0 aromatic heterocycles. The van der Waals surface area contributed by atoms with Crippen LogP contribution in [0.3, 0.4) is 0 Å². The topological polar surface area (TPSA) is 44.8 Å². The molecule has 23 heavy (non-hydrogen) atoms. The minimum Gasteiger partial charge on any atom is -0.463 e. The predicted molar refractivity (Wildman–Crippen MR) is 94.7 cm³/mol. The number of hydrogen-bond acceptors (Lipinski definition) is 4. The standard InChI is InChI=1S/C19H38O4/c1-3-4-5-6-7-8-9-10-11-12-13-14-21-15-16-22-17-18-23-19(2)20/h3-18H2,1-2H3. The molecular weight excluding hydrogens is 292 g/mol. The minimum absolute atomic E-state index is 0.263. The van der Waals surface area contributed by atoms with Crippen LogP contribution in [0.5, 0.6) is 0 Å². The summed E-state index contributed by atoms with van der Waals surface area (Å²) in [6.07, 6.45) is 14.9. The first-order chi connectivity index (χ1) is 11.3. The van der Waals surface area contributed by atoms with Gasteiger partial charge in [-0.3, -0.25) is 4.79 Å². The van der Waals surface area contributed by atoms with Gasteiger partial charge in [0.05, 0.1) is 19.8 Å². The van der Waals surface area contributed by atoms with E-state index >= 15 is 0 Å². The Morgan fingerprint density at radius 1 is 0.609 bits per heavy atom. The van der Waals surface area contributed by atoms with E-state index in [1.807, 2.05) is 0 Å². The molecule has 0 amide bonds. The molecule has 0 aliphatic rings. The van der Waals surface area contributed by atoms with Crippen molar-refractivity contribution in [3.63, 3.8) is 0 Å². The maximum absolute atomic E-state index is 10.5. The monoisotopic (exact) mass is 330 g/mol. The van der Waals surface area contributed by atoms with Crippen LogP contribution >= 0.6 is 0 Å². The van der Waals surface area contributed by atoms with E-state index in [9.17, 15) is 4.79 Å². The molecule has 0 bridgehead atoms. The summed E-state index contributed by atoms with van der Waals surface area (Å²) in [4.78, 5) is 10.5. The Morgan fingerprint density at radius 3 is 1.57 bits per heavy atom. The van der Waals surface area contributed by atoms with Crippen molar-refractivity contribution in [2.45, 2.75) is 84.5 Å². The summed E-state index contributed by atoms with van der Waals surface area (Å²) in [5.74, 6) is -0.263. The molecule has 0 aliphatic heterocycles. The second kappa shape index (κ2) is 19.4. The predicted octanol–water partition coefficient (Wildman–Crippen LogP) is 4.89. The average Bonchev–Trinajstić information content (AvgIpc) is 2.53. The first-order valence-corrected chi connectivity index (χ1v) is 9.56. The normalized spacial score (nSPS) is 10.9. The van der Waals surface area contributed by atoms with Gasteiger partial charge in [0, 0.05) is 13.5 Å². The van der Waals surface area contributed by atoms with Crippen molar-refractivity contribution < 1.29 is 19.0 Å². The Labute approximate surface area is 143 Å². The van der Waals surface area contributed by atoms with Gasteiger partial charge in [0.2, 0.25) is 0 Å². The van der Waals surface area contributed by atoms with Crippen molar-refractivity contribution in [1.29, 1.82) is 0 Å². The summed E-state index contributed by atoms with van der Waals surface area (Å²) in [7, 11) is 0. The van der Waals surface area contributed by atoms with Gasteiger partial charge in [-0.1, -0.05) is 71.1 Å². The molecule has 0 aromatic carbocycles. The summed E-state index contributed by atoms with van der Waals surface area (Å²) < 4.78 is 15.6. The van der Waals surface area contributed by atoms with Gasteiger partial charge in [0.15, 0.2) is 0 Å². The zero-order valence-corrected chi connectivity index (χ0v) is 15.4. The average molecular weight is 331 g/mol. The number of ether oxygens (including phenoxy) is 3. The fourth-order valence-electron chi connectivity index (χ4n) is 2.43. The highest BCUT2D eigenvalue weighted by atomic mass is 16.6. The third-order valence-electron chi connectivity index (χ3n) is 3.80.